The van der Waals surface area contributed by atoms with Crippen molar-refractivity contribution in [3.8, 4) is 0 Å². The molecule has 1 atom stereocenters. The normalized spacial score (nSPS) is 16.9. The molecule has 0 bridgehead atoms. The first-order chi connectivity index (χ1) is 15.9. The van der Waals surface area contributed by atoms with Crippen molar-refractivity contribution in [3.63, 3.8) is 0 Å². The van der Waals surface area contributed by atoms with Gasteiger partial charge in [0.05, 0.1) is 22.0 Å². The number of hydrogen-bond acceptors (Lipinski definition) is 7. The minimum Gasteiger partial charge on any atom is -0.281 e. The predicted molar refractivity (Wildman–Crippen MR) is 131 cm³/mol. The Morgan fingerprint density at radius 3 is 2.79 bits per heavy atom. The van der Waals surface area contributed by atoms with Gasteiger partial charge in [0.15, 0.2) is 5.13 Å². The van der Waals surface area contributed by atoms with Gasteiger partial charge in [0, 0.05) is 12.7 Å². The second-order valence-corrected chi connectivity index (χ2v) is 12.0. The monoisotopic (exact) mass is 518 g/mol. The Morgan fingerprint density at radius 1 is 1.18 bits per heavy atom. The molecule has 0 spiro atoms. The molecular formula is C22H19ClN4O3S3. The molecule has 33 heavy (non-hydrogen) atoms. The molecule has 4 aromatic rings. The summed E-state index contributed by atoms with van der Waals surface area (Å²) in [6.45, 7) is 0.486. The molecule has 1 aliphatic rings. The largest absolute Gasteiger partial charge is 0.281 e. The highest BCUT2D eigenvalue weighted by atomic mass is 35.5. The molecule has 1 fully saturated rings. The highest BCUT2D eigenvalue weighted by Gasteiger charge is 2.42. The standard InChI is InChI=1S/C22H19ClN4O3S3/c23-16-7-3-9-18-20(16)25-22(32-18)26(14-15-6-1-2-11-24-15)21(28)17-8-4-12-27(17)33(29,30)19-10-5-13-31-19/h1-3,5-7,9-11,13,17H,4,8,12,14H2. The number of sulfonamides is 1. The summed E-state index contributed by atoms with van der Waals surface area (Å²) < 4.78 is 28.9. The average Bonchev–Trinajstić information content (AvgIpc) is 3.58. The van der Waals surface area contributed by atoms with Crippen molar-refractivity contribution in [2.75, 3.05) is 11.4 Å². The molecule has 1 saturated heterocycles. The van der Waals surface area contributed by atoms with E-state index in [0.29, 0.717) is 40.8 Å². The summed E-state index contributed by atoms with van der Waals surface area (Å²) in [7, 11) is -3.76. The van der Waals surface area contributed by atoms with Gasteiger partial charge in [0.2, 0.25) is 5.91 Å². The number of rotatable bonds is 6. The fraction of sp³-hybridized carbons (Fsp3) is 0.227. The van der Waals surface area contributed by atoms with Crippen LogP contribution in [0.25, 0.3) is 10.2 Å². The number of nitrogens with zero attached hydrogens (tertiary/aromatic N) is 4. The van der Waals surface area contributed by atoms with Gasteiger partial charge in [-0.15, -0.1) is 11.3 Å². The number of aromatic nitrogens is 2. The van der Waals surface area contributed by atoms with E-state index in [1.54, 1.807) is 35.8 Å². The number of fused-ring (bicyclic) bond motifs is 1. The van der Waals surface area contributed by atoms with E-state index in [2.05, 4.69) is 9.97 Å². The molecule has 0 aliphatic carbocycles. The van der Waals surface area contributed by atoms with Crippen LogP contribution < -0.4 is 4.90 Å². The van der Waals surface area contributed by atoms with Crippen LogP contribution >= 0.6 is 34.3 Å². The second kappa shape index (κ2) is 9.11. The highest BCUT2D eigenvalue weighted by Crippen LogP contribution is 2.36. The second-order valence-electron chi connectivity index (χ2n) is 7.53. The van der Waals surface area contributed by atoms with E-state index < -0.39 is 16.1 Å². The average molecular weight is 519 g/mol. The van der Waals surface area contributed by atoms with Crippen LogP contribution in [0.5, 0.6) is 0 Å². The van der Waals surface area contributed by atoms with Gasteiger partial charge in [-0.2, -0.15) is 4.31 Å². The summed E-state index contributed by atoms with van der Waals surface area (Å²) in [5.41, 5.74) is 1.30. The number of thiophene rings is 1. The Kier molecular flexibility index (Phi) is 6.19. The predicted octanol–water partition coefficient (Wildman–Crippen LogP) is 4.79. The molecule has 1 amide bonds. The van der Waals surface area contributed by atoms with Gasteiger partial charge < -0.3 is 0 Å². The maximum absolute atomic E-state index is 13.9. The van der Waals surface area contributed by atoms with Gasteiger partial charge in [-0.3, -0.25) is 14.7 Å². The lowest BCUT2D eigenvalue weighted by molar-refractivity contribution is -0.121. The molecule has 5 rings (SSSR count). The van der Waals surface area contributed by atoms with Crippen molar-refractivity contribution >= 4 is 65.6 Å². The molecule has 170 valence electrons. The van der Waals surface area contributed by atoms with Crippen LogP contribution in [0.4, 0.5) is 5.13 Å². The van der Waals surface area contributed by atoms with Crippen molar-refractivity contribution in [2.45, 2.75) is 29.6 Å². The minimum atomic E-state index is -3.76. The SMILES string of the molecule is O=C(C1CCCN1S(=O)(=O)c1cccs1)N(Cc1ccccn1)c1nc2c(Cl)cccc2s1. The zero-order valence-electron chi connectivity index (χ0n) is 17.3. The Hall–Kier alpha value is -2.37. The first-order valence-corrected chi connectivity index (χ1v) is 13.8. The molecule has 4 heterocycles. The summed E-state index contributed by atoms with van der Waals surface area (Å²) in [6, 6.07) is 13.4. The maximum Gasteiger partial charge on any atom is 0.253 e. The number of para-hydroxylation sites is 1. The Labute approximate surface area is 204 Å². The summed E-state index contributed by atoms with van der Waals surface area (Å²) in [6.07, 6.45) is 2.73. The molecule has 11 heteroatoms. The van der Waals surface area contributed by atoms with Crippen LogP contribution in [0.1, 0.15) is 18.5 Å². The van der Waals surface area contributed by atoms with Gasteiger partial charge in [0.1, 0.15) is 15.8 Å². The van der Waals surface area contributed by atoms with Gasteiger partial charge in [-0.25, -0.2) is 13.4 Å². The number of thiazole rings is 1. The quantitative estimate of drug-likeness (QED) is 0.366. The number of pyridine rings is 1. The first kappa shape index (κ1) is 22.4. The third-order valence-corrected chi connectivity index (χ3v) is 10.1. The molecule has 1 aromatic carbocycles. The number of anilines is 1. The van der Waals surface area contributed by atoms with Gasteiger partial charge >= 0.3 is 0 Å². The van der Waals surface area contributed by atoms with Crippen LogP contribution in [0, 0.1) is 0 Å². The Balaban J connectivity index is 1.54. The number of amides is 1. The van der Waals surface area contributed by atoms with Crippen LogP contribution in [0.15, 0.2) is 64.3 Å². The number of carbonyl (C=O) groups is 1. The molecule has 3 aromatic heterocycles. The van der Waals surface area contributed by atoms with Crippen LogP contribution in [-0.2, 0) is 21.4 Å². The van der Waals surface area contributed by atoms with Crippen LogP contribution in [-0.4, -0.2) is 41.2 Å². The maximum atomic E-state index is 13.9. The topological polar surface area (TPSA) is 83.5 Å². The smallest absolute Gasteiger partial charge is 0.253 e. The third-order valence-electron chi connectivity index (χ3n) is 5.45. The lowest BCUT2D eigenvalue weighted by Crippen LogP contribution is -2.47. The minimum absolute atomic E-state index is 0.181. The summed E-state index contributed by atoms with van der Waals surface area (Å²) in [5.74, 6) is -0.312. The van der Waals surface area contributed by atoms with Crippen LogP contribution in [0.2, 0.25) is 5.02 Å². The number of benzene rings is 1. The number of carbonyl (C=O) groups excluding carboxylic acids is 1. The Bertz CT molecular complexity index is 1390. The van der Waals surface area contributed by atoms with E-state index in [4.69, 9.17) is 11.6 Å². The third kappa shape index (κ3) is 4.29. The fourth-order valence-electron chi connectivity index (χ4n) is 3.89. The highest BCUT2D eigenvalue weighted by molar-refractivity contribution is 7.91. The van der Waals surface area contributed by atoms with Crippen molar-refractivity contribution < 1.29 is 13.2 Å². The first-order valence-electron chi connectivity index (χ1n) is 10.3. The Morgan fingerprint density at radius 2 is 2.06 bits per heavy atom. The van der Waals surface area contributed by atoms with Gasteiger partial charge in [-0.05, 0) is 48.6 Å². The van der Waals surface area contributed by atoms with E-state index in [1.165, 1.54) is 20.5 Å². The molecule has 1 unspecified atom stereocenters. The van der Waals surface area contributed by atoms with Crippen molar-refractivity contribution in [3.05, 3.63) is 70.8 Å². The molecule has 7 nitrogen and oxygen atoms in total. The lowest BCUT2D eigenvalue weighted by atomic mass is 10.2. The number of halogens is 1. The van der Waals surface area contributed by atoms with E-state index in [0.717, 1.165) is 16.0 Å². The summed E-state index contributed by atoms with van der Waals surface area (Å²) in [4.78, 5) is 24.4. The van der Waals surface area contributed by atoms with E-state index in [-0.39, 0.29) is 16.7 Å². The van der Waals surface area contributed by atoms with Crippen molar-refractivity contribution in [1.82, 2.24) is 14.3 Å². The van der Waals surface area contributed by atoms with E-state index >= 15 is 0 Å². The summed E-state index contributed by atoms with van der Waals surface area (Å²) >= 11 is 8.83. The van der Waals surface area contributed by atoms with Crippen LogP contribution in [0.3, 0.4) is 0 Å². The molecule has 0 saturated carbocycles. The zero-order chi connectivity index (χ0) is 23.0. The molecule has 1 aliphatic heterocycles. The summed E-state index contributed by atoms with van der Waals surface area (Å²) in [5, 5.41) is 2.69. The molecule has 0 radical (unpaired) electrons. The molecule has 0 N–H and O–H groups in total. The lowest BCUT2D eigenvalue weighted by Gasteiger charge is -2.28. The zero-order valence-corrected chi connectivity index (χ0v) is 20.5. The fourth-order valence-corrected chi connectivity index (χ4v) is 7.93. The van der Waals surface area contributed by atoms with E-state index in [9.17, 15) is 13.2 Å². The van der Waals surface area contributed by atoms with E-state index in [1.807, 2.05) is 24.3 Å². The van der Waals surface area contributed by atoms with Gasteiger partial charge in [-0.1, -0.05) is 41.1 Å². The van der Waals surface area contributed by atoms with Gasteiger partial charge in [0.25, 0.3) is 10.0 Å². The van der Waals surface area contributed by atoms with Crippen molar-refractivity contribution in [1.29, 1.82) is 0 Å². The van der Waals surface area contributed by atoms with Crippen molar-refractivity contribution in [2.24, 2.45) is 0 Å². The number of hydrogen-bond donors (Lipinski definition) is 0. The molecular weight excluding hydrogens is 500 g/mol.